The Morgan fingerprint density at radius 2 is 1.68 bits per heavy atom. The van der Waals surface area contributed by atoms with Crippen molar-refractivity contribution in [3.8, 4) is 5.75 Å². The lowest BCUT2D eigenvalue weighted by Crippen LogP contribution is -2.41. The zero-order valence-corrected chi connectivity index (χ0v) is 14.1. The van der Waals surface area contributed by atoms with E-state index in [0.717, 1.165) is 11.1 Å². The first-order valence-electron chi connectivity index (χ1n) is 7.00. The number of rotatable bonds is 5. The van der Waals surface area contributed by atoms with Crippen molar-refractivity contribution in [2.45, 2.75) is 31.2 Å². The van der Waals surface area contributed by atoms with Crippen LogP contribution in [0.15, 0.2) is 53.4 Å². The molecule has 4 nitrogen and oxygen atoms in total. The second-order valence-corrected chi connectivity index (χ2v) is 7.40. The van der Waals surface area contributed by atoms with Crippen LogP contribution in [0.25, 0.3) is 0 Å². The summed E-state index contributed by atoms with van der Waals surface area (Å²) in [6.45, 7) is 5.56. The van der Waals surface area contributed by atoms with Crippen molar-refractivity contribution in [2.24, 2.45) is 0 Å². The minimum atomic E-state index is -3.70. The van der Waals surface area contributed by atoms with Crippen LogP contribution in [0.5, 0.6) is 5.75 Å². The van der Waals surface area contributed by atoms with Gasteiger partial charge in [-0.15, -0.1) is 0 Å². The monoisotopic (exact) mass is 319 g/mol. The Kier molecular flexibility index (Phi) is 4.58. The molecule has 0 saturated heterocycles. The summed E-state index contributed by atoms with van der Waals surface area (Å²) in [7, 11) is -2.23. The molecular formula is C17H21NO3S. The highest BCUT2D eigenvalue weighted by Gasteiger charge is 2.29. The number of sulfonamides is 1. The molecule has 0 bridgehead atoms. The zero-order valence-electron chi connectivity index (χ0n) is 13.3. The van der Waals surface area contributed by atoms with E-state index in [4.69, 9.17) is 4.74 Å². The van der Waals surface area contributed by atoms with Crippen molar-refractivity contribution in [3.05, 3.63) is 59.7 Å². The number of methoxy groups -OCH3 is 1. The van der Waals surface area contributed by atoms with Gasteiger partial charge in [0.05, 0.1) is 12.6 Å². The van der Waals surface area contributed by atoms with Crippen LogP contribution in [0.4, 0.5) is 0 Å². The number of ether oxygens (including phenoxy) is 1. The van der Waals surface area contributed by atoms with Crippen LogP contribution in [0.2, 0.25) is 0 Å². The highest BCUT2D eigenvalue weighted by atomic mass is 32.2. The minimum absolute atomic E-state index is 0.143. The third-order valence-corrected chi connectivity index (χ3v) is 5.19. The third kappa shape index (κ3) is 3.48. The number of hydrogen-bond donors (Lipinski definition) is 1. The second-order valence-electron chi connectivity index (χ2n) is 5.75. The van der Waals surface area contributed by atoms with Crippen LogP contribution >= 0.6 is 0 Å². The lowest BCUT2D eigenvalue weighted by atomic mass is 9.96. The molecule has 0 saturated carbocycles. The Morgan fingerprint density at radius 3 is 2.27 bits per heavy atom. The van der Waals surface area contributed by atoms with E-state index in [1.807, 2.05) is 51.1 Å². The Bertz CT molecular complexity index is 753. The lowest BCUT2D eigenvalue weighted by Gasteiger charge is -2.27. The number of hydrogen-bond acceptors (Lipinski definition) is 3. The quantitative estimate of drug-likeness (QED) is 0.920. The fraction of sp³-hybridized carbons (Fsp3) is 0.294. The van der Waals surface area contributed by atoms with E-state index in [-0.39, 0.29) is 4.90 Å². The van der Waals surface area contributed by atoms with Crippen LogP contribution in [-0.2, 0) is 15.6 Å². The molecule has 2 aromatic carbocycles. The fourth-order valence-electron chi connectivity index (χ4n) is 2.30. The molecule has 0 aliphatic rings. The average molecular weight is 319 g/mol. The molecule has 1 N–H and O–H groups in total. The topological polar surface area (TPSA) is 55.4 Å². The molecule has 118 valence electrons. The predicted molar refractivity (Wildman–Crippen MR) is 87.5 cm³/mol. The number of aryl methyl sites for hydroxylation is 1. The molecular weight excluding hydrogens is 298 g/mol. The standard InChI is InChI=1S/C17H21NO3S/c1-13-10-11-16(15(12-13)21-4)22(19,20)18-17(2,3)14-8-6-5-7-9-14/h5-12,18H,1-4H3. The van der Waals surface area contributed by atoms with E-state index in [1.54, 1.807) is 18.2 Å². The smallest absolute Gasteiger partial charge is 0.245 e. The van der Waals surface area contributed by atoms with Crippen molar-refractivity contribution in [1.82, 2.24) is 4.72 Å². The summed E-state index contributed by atoms with van der Waals surface area (Å²) >= 11 is 0. The maximum atomic E-state index is 12.7. The molecule has 2 rings (SSSR count). The summed E-state index contributed by atoms with van der Waals surface area (Å²) in [5.74, 6) is 0.344. The molecule has 22 heavy (non-hydrogen) atoms. The average Bonchev–Trinajstić information content (AvgIpc) is 2.46. The van der Waals surface area contributed by atoms with E-state index in [9.17, 15) is 8.42 Å². The van der Waals surface area contributed by atoms with Gasteiger partial charge in [0.25, 0.3) is 0 Å². The van der Waals surface area contributed by atoms with Gasteiger partial charge < -0.3 is 4.74 Å². The Labute approximate surface area is 132 Å². The molecule has 2 aromatic rings. The van der Waals surface area contributed by atoms with E-state index in [0.29, 0.717) is 5.75 Å². The second kappa shape index (κ2) is 6.10. The van der Waals surface area contributed by atoms with Crippen LogP contribution in [0, 0.1) is 6.92 Å². The minimum Gasteiger partial charge on any atom is -0.495 e. The van der Waals surface area contributed by atoms with E-state index < -0.39 is 15.6 Å². The van der Waals surface area contributed by atoms with E-state index in [1.165, 1.54) is 7.11 Å². The van der Waals surface area contributed by atoms with E-state index >= 15 is 0 Å². The van der Waals surface area contributed by atoms with Gasteiger partial charge in [-0.3, -0.25) is 0 Å². The number of nitrogens with one attached hydrogen (secondary N) is 1. The van der Waals surface area contributed by atoms with Gasteiger partial charge in [-0.25, -0.2) is 13.1 Å². The first-order valence-corrected chi connectivity index (χ1v) is 8.49. The molecule has 0 radical (unpaired) electrons. The molecule has 0 amide bonds. The molecule has 0 atom stereocenters. The van der Waals surface area contributed by atoms with Gasteiger partial charge in [-0.2, -0.15) is 0 Å². The molecule has 0 unspecified atom stereocenters. The van der Waals surface area contributed by atoms with E-state index in [2.05, 4.69) is 4.72 Å². The first-order chi connectivity index (χ1) is 10.3. The summed E-state index contributed by atoms with van der Waals surface area (Å²) in [6, 6.07) is 14.5. The lowest BCUT2D eigenvalue weighted by molar-refractivity contribution is 0.400. The van der Waals surface area contributed by atoms with Crippen LogP contribution < -0.4 is 9.46 Å². The SMILES string of the molecule is COc1cc(C)ccc1S(=O)(=O)NC(C)(C)c1ccccc1. The molecule has 0 heterocycles. The first kappa shape index (κ1) is 16.5. The van der Waals surface area contributed by atoms with Gasteiger partial charge in [0.15, 0.2) is 0 Å². The molecule has 0 aliphatic heterocycles. The number of benzene rings is 2. The Balaban J connectivity index is 2.40. The van der Waals surface area contributed by atoms with Crippen molar-refractivity contribution < 1.29 is 13.2 Å². The largest absolute Gasteiger partial charge is 0.495 e. The molecule has 0 aliphatic carbocycles. The highest BCUT2D eigenvalue weighted by molar-refractivity contribution is 7.89. The molecule has 0 spiro atoms. The Hall–Kier alpha value is -1.85. The highest BCUT2D eigenvalue weighted by Crippen LogP contribution is 2.28. The van der Waals surface area contributed by atoms with Gasteiger partial charge in [0.2, 0.25) is 10.0 Å². The maximum absolute atomic E-state index is 12.7. The van der Waals surface area contributed by atoms with Gasteiger partial charge in [-0.05, 0) is 44.0 Å². The molecule has 0 fully saturated rings. The van der Waals surface area contributed by atoms with Crippen LogP contribution in [-0.4, -0.2) is 15.5 Å². The molecule has 0 aromatic heterocycles. The summed E-state index contributed by atoms with van der Waals surface area (Å²) < 4.78 is 33.4. The summed E-state index contributed by atoms with van der Waals surface area (Å²) in [4.78, 5) is 0.143. The van der Waals surface area contributed by atoms with Gasteiger partial charge in [0.1, 0.15) is 10.6 Å². The normalized spacial score (nSPS) is 12.2. The van der Waals surface area contributed by atoms with Crippen molar-refractivity contribution in [3.63, 3.8) is 0 Å². The van der Waals surface area contributed by atoms with Crippen molar-refractivity contribution in [1.29, 1.82) is 0 Å². The van der Waals surface area contributed by atoms with Crippen LogP contribution in [0.1, 0.15) is 25.0 Å². The predicted octanol–water partition coefficient (Wildman–Crippen LogP) is 3.22. The van der Waals surface area contributed by atoms with Crippen LogP contribution in [0.3, 0.4) is 0 Å². The van der Waals surface area contributed by atoms with Gasteiger partial charge in [-0.1, -0.05) is 36.4 Å². The third-order valence-electron chi connectivity index (χ3n) is 3.49. The van der Waals surface area contributed by atoms with Gasteiger partial charge in [0, 0.05) is 0 Å². The summed E-state index contributed by atoms with van der Waals surface area (Å²) in [6.07, 6.45) is 0. The van der Waals surface area contributed by atoms with Crippen molar-refractivity contribution in [2.75, 3.05) is 7.11 Å². The van der Waals surface area contributed by atoms with Gasteiger partial charge >= 0.3 is 0 Å². The zero-order chi connectivity index (χ0) is 16.4. The molecule has 5 heteroatoms. The summed E-state index contributed by atoms with van der Waals surface area (Å²) in [5, 5.41) is 0. The maximum Gasteiger partial charge on any atom is 0.245 e. The Morgan fingerprint density at radius 1 is 1.05 bits per heavy atom. The van der Waals surface area contributed by atoms with Crippen molar-refractivity contribution >= 4 is 10.0 Å². The fourth-order valence-corrected chi connectivity index (χ4v) is 3.86. The summed E-state index contributed by atoms with van der Waals surface area (Å²) in [5.41, 5.74) is 1.11.